The maximum atomic E-state index is 14.0. The molecule has 1 aliphatic carbocycles. The zero-order valence-corrected chi connectivity index (χ0v) is 16.4. The number of ketones is 1. The molecule has 0 radical (unpaired) electrons. The number of sulfonamides is 2. The highest BCUT2D eigenvalue weighted by Crippen LogP contribution is 2.40. The lowest BCUT2D eigenvalue weighted by molar-refractivity contribution is 0.0994. The zero-order valence-electron chi connectivity index (χ0n) is 14.8. The van der Waals surface area contributed by atoms with Gasteiger partial charge in [0.05, 0.1) is 12.5 Å². The number of rotatable bonds is 5. The van der Waals surface area contributed by atoms with E-state index in [1.807, 2.05) is 0 Å². The van der Waals surface area contributed by atoms with E-state index >= 15 is 0 Å². The van der Waals surface area contributed by atoms with E-state index in [1.165, 1.54) is 12.1 Å². The van der Waals surface area contributed by atoms with Crippen molar-refractivity contribution in [3.8, 4) is 11.5 Å². The van der Waals surface area contributed by atoms with Crippen LogP contribution >= 0.6 is 0 Å². The molecule has 0 spiro atoms. The topological polar surface area (TPSA) is 97.8 Å². The van der Waals surface area contributed by atoms with Crippen molar-refractivity contribution in [2.45, 2.75) is 12.8 Å². The summed E-state index contributed by atoms with van der Waals surface area (Å²) in [6.07, 6.45) is 1.85. The minimum Gasteiger partial charge on any atom is -0.452 e. The van der Waals surface area contributed by atoms with Crippen LogP contribution in [0.2, 0.25) is 0 Å². The summed E-state index contributed by atoms with van der Waals surface area (Å²) in [6, 6.07) is 4.83. The molecule has 0 N–H and O–H groups in total. The molecule has 0 bridgehead atoms. The third-order valence-electron chi connectivity index (χ3n) is 4.02. The molecular weight excluding hydrogens is 416 g/mol. The minimum absolute atomic E-state index is 0.153. The Balaban J connectivity index is 2.25. The SMILES string of the molecule is CS(=O)(=O)N(c1cc2c(cc1Oc1ccc(F)cc1F)C(=O)CC2)S(C)(=O)=O. The highest BCUT2D eigenvalue weighted by Gasteiger charge is 2.33. The van der Waals surface area contributed by atoms with Crippen LogP contribution in [0, 0.1) is 11.6 Å². The summed E-state index contributed by atoms with van der Waals surface area (Å²) in [5.74, 6) is -3.01. The Morgan fingerprint density at radius 2 is 1.57 bits per heavy atom. The monoisotopic (exact) mass is 431 g/mol. The highest BCUT2D eigenvalue weighted by atomic mass is 32.3. The number of anilines is 1. The predicted molar refractivity (Wildman–Crippen MR) is 97.7 cm³/mol. The number of nitrogens with zero attached hydrogens (tertiary/aromatic N) is 1. The summed E-state index contributed by atoms with van der Waals surface area (Å²) in [6.45, 7) is 0. The van der Waals surface area contributed by atoms with Gasteiger partial charge >= 0.3 is 0 Å². The van der Waals surface area contributed by atoms with Crippen LogP contribution in [-0.4, -0.2) is 35.1 Å². The van der Waals surface area contributed by atoms with Crippen LogP contribution in [0.25, 0.3) is 0 Å². The van der Waals surface area contributed by atoms with Gasteiger partial charge < -0.3 is 4.74 Å². The van der Waals surface area contributed by atoms with Gasteiger partial charge in [-0.25, -0.2) is 25.6 Å². The van der Waals surface area contributed by atoms with Gasteiger partial charge in [-0.1, -0.05) is 0 Å². The number of fused-ring (bicyclic) bond motifs is 1. The molecule has 7 nitrogen and oxygen atoms in total. The summed E-state index contributed by atoms with van der Waals surface area (Å²) in [7, 11) is -8.62. The van der Waals surface area contributed by atoms with Crippen LogP contribution in [-0.2, 0) is 26.5 Å². The summed E-state index contributed by atoms with van der Waals surface area (Å²) in [5, 5.41) is 0. The number of halogens is 2. The van der Waals surface area contributed by atoms with Crippen molar-refractivity contribution >= 4 is 31.5 Å². The molecule has 1 aliphatic rings. The second-order valence-electron chi connectivity index (χ2n) is 6.30. The Labute approximate surface area is 160 Å². The summed E-state index contributed by atoms with van der Waals surface area (Å²) in [4.78, 5) is 12.0. The van der Waals surface area contributed by atoms with E-state index in [2.05, 4.69) is 0 Å². The Kier molecular flexibility index (Phi) is 4.92. The summed E-state index contributed by atoms with van der Waals surface area (Å²) >= 11 is 0. The van der Waals surface area contributed by atoms with Crippen LogP contribution in [0.3, 0.4) is 0 Å². The fourth-order valence-corrected chi connectivity index (χ4v) is 5.93. The fourth-order valence-electron chi connectivity index (χ4n) is 2.97. The smallest absolute Gasteiger partial charge is 0.245 e. The van der Waals surface area contributed by atoms with Gasteiger partial charge in [-0.2, -0.15) is 3.71 Å². The Bertz CT molecular complexity index is 1160. The number of carbonyl (C=O) groups is 1. The number of carbonyl (C=O) groups excluding carboxylic acids is 1. The lowest BCUT2D eigenvalue weighted by Crippen LogP contribution is -2.35. The van der Waals surface area contributed by atoms with Crippen molar-refractivity contribution < 1.29 is 35.1 Å². The van der Waals surface area contributed by atoms with Crippen molar-refractivity contribution in [1.82, 2.24) is 0 Å². The van der Waals surface area contributed by atoms with E-state index in [0.717, 1.165) is 12.1 Å². The van der Waals surface area contributed by atoms with E-state index in [4.69, 9.17) is 4.74 Å². The predicted octanol–water partition coefficient (Wildman–Crippen LogP) is 2.61. The standard InChI is InChI=1S/C17H15F2NO6S2/c1-27(22,23)20(28(2,24)25)14-7-10-3-5-15(21)12(10)9-17(14)26-16-6-4-11(18)8-13(16)19/h4,6-9H,3,5H2,1-2H3. The summed E-state index contributed by atoms with van der Waals surface area (Å²) in [5.41, 5.74) is 0.287. The van der Waals surface area contributed by atoms with Crippen molar-refractivity contribution in [1.29, 1.82) is 0 Å². The minimum atomic E-state index is -4.31. The number of Topliss-reactive ketones (excluding diaryl/α,β-unsaturated/α-hetero) is 1. The summed E-state index contributed by atoms with van der Waals surface area (Å²) < 4.78 is 81.3. The normalized spacial score (nSPS) is 14.1. The first-order valence-electron chi connectivity index (χ1n) is 7.91. The largest absolute Gasteiger partial charge is 0.452 e. The number of hydrogen-bond acceptors (Lipinski definition) is 6. The van der Waals surface area contributed by atoms with Gasteiger partial charge in [0.1, 0.15) is 11.5 Å². The molecule has 11 heteroatoms. The number of benzene rings is 2. The second-order valence-corrected chi connectivity index (χ2v) is 10.2. The average molecular weight is 431 g/mol. The first kappa shape index (κ1) is 20.2. The molecule has 28 heavy (non-hydrogen) atoms. The van der Waals surface area contributed by atoms with E-state index < -0.39 is 37.4 Å². The van der Waals surface area contributed by atoms with Gasteiger partial charge in [-0.05, 0) is 36.2 Å². The number of aryl methyl sites for hydroxylation is 1. The van der Waals surface area contributed by atoms with E-state index in [-0.39, 0.29) is 32.9 Å². The van der Waals surface area contributed by atoms with Gasteiger partial charge in [-0.3, -0.25) is 4.79 Å². The van der Waals surface area contributed by atoms with Crippen LogP contribution in [0.5, 0.6) is 11.5 Å². The van der Waals surface area contributed by atoms with Crippen molar-refractivity contribution in [2.24, 2.45) is 0 Å². The molecule has 0 saturated carbocycles. The van der Waals surface area contributed by atoms with E-state index in [1.54, 1.807) is 0 Å². The molecule has 0 aromatic heterocycles. The molecule has 0 unspecified atom stereocenters. The van der Waals surface area contributed by atoms with E-state index in [0.29, 0.717) is 30.6 Å². The lowest BCUT2D eigenvalue weighted by Gasteiger charge is -2.23. The quantitative estimate of drug-likeness (QED) is 0.722. The molecule has 2 aromatic rings. The first-order valence-corrected chi connectivity index (χ1v) is 11.6. The number of hydrogen-bond donors (Lipinski definition) is 0. The Morgan fingerprint density at radius 1 is 0.929 bits per heavy atom. The Hall–Kier alpha value is -2.53. The maximum absolute atomic E-state index is 14.0. The maximum Gasteiger partial charge on any atom is 0.245 e. The molecule has 0 atom stereocenters. The molecule has 0 fully saturated rings. The first-order chi connectivity index (χ1) is 12.9. The molecule has 150 valence electrons. The van der Waals surface area contributed by atoms with Gasteiger partial charge in [0.2, 0.25) is 20.0 Å². The van der Waals surface area contributed by atoms with Gasteiger partial charge in [0.15, 0.2) is 23.1 Å². The molecular formula is C17H15F2NO6S2. The van der Waals surface area contributed by atoms with Crippen molar-refractivity contribution in [2.75, 3.05) is 16.2 Å². The van der Waals surface area contributed by atoms with Crippen LogP contribution in [0.15, 0.2) is 30.3 Å². The van der Waals surface area contributed by atoms with Crippen molar-refractivity contribution in [3.05, 3.63) is 53.1 Å². The van der Waals surface area contributed by atoms with Gasteiger partial charge in [-0.15, -0.1) is 0 Å². The second kappa shape index (κ2) is 6.82. The third kappa shape index (κ3) is 3.85. The molecule has 0 saturated heterocycles. The lowest BCUT2D eigenvalue weighted by atomic mass is 10.1. The number of ether oxygens (including phenoxy) is 1. The van der Waals surface area contributed by atoms with Crippen molar-refractivity contribution in [3.63, 3.8) is 0 Å². The molecule has 0 amide bonds. The fraction of sp³-hybridized carbons (Fsp3) is 0.235. The van der Waals surface area contributed by atoms with Crippen LogP contribution in [0.1, 0.15) is 22.3 Å². The van der Waals surface area contributed by atoms with Gasteiger partial charge in [0, 0.05) is 18.1 Å². The Morgan fingerprint density at radius 3 is 2.14 bits per heavy atom. The zero-order chi connectivity index (χ0) is 20.9. The molecule has 0 heterocycles. The van der Waals surface area contributed by atoms with Crippen LogP contribution < -0.4 is 8.45 Å². The highest BCUT2D eigenvalue weighted by molar-refractivity contribution is 8.09. The van der Waals surface area contributed by atoms with E-state index in [9.17, 15) is 30.4 Å². The van der Waals surface area contributed by atoms with Gasteiger partial charge in [0.25, 0.3) is 0 Å². The third-order valence-corrected chi connectivity index (χ3v) is 7.24. The average Bonchev–Trinajstić information content (AvgIpc) is 2.88. The van der Waals surface area contributed by atoms with Crippen LogP contribution in [0.4, 0.5) is 14.5 Å². The molecule has 3 rings (SSSR count). The molecule has 2 aromatic carbocycles. The molecule has 0 aliphatic heterocycles.